The lowest BCUT2D eigenvalue weighted by Gasteiger charge is -2.11. The van der Waals surface area contributed by atoms with Crippen LogP contribution in [0.3, 0.4) is 0 Å². The van der Waals surface area contributed by atoms with E-state index in [0.717, 1.165) is 21.2 Å². The summed E-state index contributed by atoms with van der Waals surface area (Å²) in [5.74, 6) is -2.67. The van der Waals surface area contributed by atoms with Gasteiger partial charge in [0.1, 0.15) is 10.1 Å². The molecule has 0 amide bonds. The molecule has 0 aliphatic heterocycles. The molecule has 0 spiro atoms. The van der Waals surface area contributed by atoms with E-state index in [4.69, 9.17) is 14.9 Å². The minimum absolute atomic E-state index is 0.143. The van der Waals surface area contributed by atoms with Crippen LogP contribution in [0.25, 0.3) is 0 Å². The zero-order valence-electron chi connectivity index (χ0n) is 23.9. The van der Waals surface area contributed by atoms with Crippen molar-refractivity contribution >= 4 is 67.0 Å². The molecule has 0 saturated heterocycles. The number of esters is 3. The molecule has 0 aliphatic rings. The molecule has 2 unspecified atom stereocenters. The van der Waals surface area contributed by atoms with E-state index in [2.05, 4.69) is 23.8 Å². The van der Waals surface area contributed by atoms with E-state index in [1.807, 2.05) is 60.7 Å². The fourth-order valence-corrected chi connectivity index (χ4v) is 7.79. The number of nitrogens with one attached hydrogen (secondary N) is 1. The maximum absolute atomic E-state index is 12.5. The molecule has 1 N–H and O–H groups in total. The average Bonchev–Trinajstić information content (AvgIpc) is 3.06. The second kappa shape index (κ2) is 17.0. The molecule has 8 nitrogen and oxygen atoms in total. The number of carbonyl (C=O) groups is 3. The van der Waals surface area contributed by atoms with Crippen molar-refractivity contribution in [2.24, 2.45) is 0 Å². The Hall–Kier alpha value is -3.58. The van der Waals surface area contributed by atoms with Crippen molar-refractivity contribution in [2.45, 2.75) is 47.2 Å². The highest BCUT2D eigenvalue weighted by Gasteiger charge is 2.17. The second-order valence-corrected chi connectivity index (χ2v) is 14.4. The van der Waals surface area contributed by atoms with Crippen LogP contribution in [-0.4, -0.2) is 33.8 Å². The van der Waals surface area contributed by atoms with Gasteiger partial charge >= 0.3 is 17.9 Å². The Bertz CT molecular complexity index is 1440. The summed E-state index contributed by atoms with van der Waals surface area (Å²) >= 11 is 0. The molecular formula is C32H29N3O5S4. The highest BCUT2D eigenvalue weighted by molar-refractivity contribution is 8.77. The number of nitrogens with zero attached hydrogens (tertiary/aromatic N) is 2. The summed E-state index contributed by atoms with van der Waals surface area (Å²) in [6.07, 6.45) is 3.03. The van der Waals surface area contributed by atoms with E-state index < -0.39 is 23.8 Å². The van der Waals surface area contributed by atoms with Gasteiger partial charge in [0, 0.05) is 29.3 Å². The van der Waals surface area contributed by atoms with Crippen molar-refractivity contribution in [2.75, 3.05) is 0 Å². The predicted molar refractivity (Wildman–Crippen MR) is 178 cm³/mol. The summed E-state index contributed by atoms with van der Waals surface area (Å²) in [4.78, 5) is 45.7. The predicted octanol–water partition coefficient (Wildman–Crippen LogP) is 8.78. The molecule has 0 radical (unpaired) electrons. The maximum atomic E-state index is 12.5. The first kappa shape index (κ1) is 33.3. The summed E-state index contributed by atoms with van der Waals surface area (Å²) in [6.45, 7) is 4.12. The Labute approximate surface area is 271 Å². The minimum Gasteiger partial charge on any atom is -0.409 e. The summed E-state index contributed by atoms with van der Waals surface area (Å²) in [7, 11) is 6.45. The maximum Gasteiger partial charge on any atom is 0.345 e. The molecule has 2 heterocycles. The molecule has 226 valence electrons. The Morgan fingerprint density at radius 3 is 1.55 bits per heavy atom. The van der Waals surface area contributed by atoms with Crippen LogP contribution in [0.1, 0.15) is 69.0 Å². The van der Waals surface area contributed by atoms with E-state index in [9.17, 15) is 14.4 Å². The topological polar surface area (TPSA) is 119 Å². The normalized spacial score (nSPS) is 12.1. The first-order valence-corrected chi connectivity index (χ1v) is 17.9. The largest absolute Gasteiger partial charge is 0.409 e. The Kier molecular flexibility index (Phi) is 12.9. The molecule has 0 saturated carbocycles. The summed E-state index contributed by atoms with van der Waals surface area (Å²) in [5.41, 5.74) is 2.57. The third-order valence-electron chi connectivity index (χ3n) is 6.04. The number of hydrogen-bond donors (Lipinski definition) is 1. The zero-order chi connectivity index (χ0) is 31.3. The van der Waals surface area contributed by atoms with E-state index >= 15 is 0 Å². The third kappa shape index (κ3) is 10.5. The standard InChI is InChI=1S/C32H29N3O5S4/c1-21(41-43-28-7-3-5-19-34-28)23-9-13-25(14-10-23)31(37)39-27(33)17-18-30(36)40-32(38)26-15-11-24(12-16-26)22(2)42-44-29-8-4-6-20-35-29/h3-16,19-22,33H,17-18H2,1-2H3. The molecule has 2 aromatic heterocycles. The molecule has 44 heavy (non-hydrogen) atoms. The quantitative estimate of drug-likeness (QED) is 0.0486. The zero-order valence-corrected chi connectivity index (χ0v) is 27.1. The lowest BCUT2D eigenvalue weighted by Crippen LogP contribution is -2.16. The van der Waals surface area contributed by atoms with Crippen molar-refractivity contribution in [1.82, 2.24) is 9.97 Å². The number of pyridine rings is 2. The first-order valence-electron chi connectivity index (χ1n) is 13.5. The number of aromatic nitrogens is 2. The molecule has 0 bridgehead atoms. The molecule has 2 aromatic carbocycles. The molecule has 4 aromatic rings. The number of ether oxygens (including phenoxy) is 2. The van der Waals surface area contributed by atoms with Gasteiger partial charge in [-0.1, -0.05) is 58.0 Å². The van der Waals surface area contributed by atoms with E-state index in [0.29, 0.717) is 0 Å². The van der Waals surface area contributed by atoms with Crippen molar-refractivity contribution in [1.29, 1.82) is 5.41 Å². The van der Waals surface area contributed by atoms with Gasteiger partial charge in [-0.05, 0) is 95.1 Å². The van der Waals surface area contributed by atoms with Gasteiger partial charge in [0.2, 0.25) is 0 Å². The van der Waals surface area contributed by atoms with E-state index in [1.165, 1.54) is 0 Å². The van der Waals surface area contributed by atoms with Crippen LogP contribution in [0.5, 0.6) is 0 Å². The van der Waals surface area contributed by atoms with Crippen molar-refractivity contribution in [3.8, 4) is 0 Å². The van der Waals surface area contributed by atoms with E-state index in [1.54, 1.807) is 79.8 Å². The van der Waals surface area contributed by atoms with Crippen LogP contribution in [0, 0.1) is 5.41 Å². The Morgan fingerprint density at radius 1 is 0.659 bits per heavy atom. The van der Waals surface area contributed by atoms with Crippen LogP contribution in [-0.2, 0) is 14.3 Å². The number of benzene rings is 2. The number of rotatable bonds is 13. The van der Waals surface area contributed by atoms with Crippen LogP contribution in [0.4, 0.5) is 0 Å². The van der Waals surface area contributed by atoms with Gasteiger partial charge in [-0.3, -0.25) is 10.2 Å². The summed E-state index contributed by atoms with van der Waals surface area (Å²) in [5, 5.41) is 10.1. The van der Waals surface area contributed by atoms with Crippen molar-refractivity contribution < 1.29 is 23.9 Å². The average molecular weight is 664 g/mol. The second-order valence-electron chi connectivity index (χ2n) is 9.30. The van der Waals surface area contributed by atoms with Gasteiger partial charge in [0.15, 0.2) is 5.90 Å². The SMILES string of the molecule is CC(SSc1ccccn1)c1ccc(C(=O)OC(=N)CCC(=O)OC(=O)c2ccc(C(C)SSc3ccccn3)cc2)cc1. The van der Waals surface area contributed by atoms with Crippen molar-refractivity contribution in [3.63, 3.8) is 0 Å². The summed E-state index contributed by atoms with van der Waals surface area (Å²) in [6, 6.07) is 25.3. The fraction of sp³-hybridized carbons (Fsp3) is 0.188. The monoisotopic (exact) mass is 663 g/mol. The lowest BCUT2D eigenvalue weighted by atomic mass is 10.1. The molecule has 0 fully saturated rings. The lowest BCUT2D eigenvalue weighted by molar-refractivity contribution is -0.137. The minimum atomic E-state index is -0.810. The molecular weight excluding hydrogens is 635 g/mol. The number of carbonyl (C=O) groups excluding carboxylic acids is 3. The molecule has 12 heteroatoms. The molecule has 2 atom stereocenters. The molecule has 4 rings (SSSR count). The highest BCUT2D eigenvalue weighted by Crippen LogP contribution is 2.42. The van der Waals surface area contributed by atoms with Gasteiger partial charge in [0.25, 0.3) is 0 Å². The van der Waals surface area contributed by atoms with Gasteiger partial charge < -0.3 is 9.47 Å². The van der Waals surface area contributed by atoms with Crippen LogP contribution in [0.2, 0.25) is 0 Å². The van der Waals surface area contributed by atoms with Gasteiger partial charge in [-0.2, -0.15) is 0 Å². The Morgan fingerprint density at radius 2 is 1.11 bits per heavy atom. The van der Waals surface area contributed by atoms with Gasteiger partial charge in [0.05, 0.1) is 17.5 Å². The van der Waals surface area contributed by atoms with Gasteiger partial charge in [-0.15, -0.1) is 0 Å². The summed E-state index contributed by atoms with van der Waals surface area (Å²) < 4.78 is 10.0. The fourth-order valence-electron chi connectivity index (χ4n) is 3.58. The van der Waals surface area contributed by atoms with Crippen LogP contribution in [0.15, 0.2) is 107 Å². The van der Waals surface area contributed by atoms with Gasteiger partial charge in [-0.25, -0.2) is 19.6 Å². The molecule has 0 aliphatic carbocycles. The number of hydrogen-bond acceptors (Lipinski definition) is 12. The van der Waals surface area contributed by atoms with Crippen molar-refractivity contribution in [3.05, 3.63) is 120 Å². The smallest absolute Gasteiger partial charge is 0.345 e. The van der Waals surface area contributed by atoms with E-state index in [-0.39, 0.29) is 34.5 Å². The highest BCUT2D eigenvalue weighted by atomic mass is 33.1. The third-order valence-corrected chi connectivity index (χ3v) is 11.5. The Balaban J connectivity index is 1.16. The van der Waals surface area contributed by atoms with Crippen LogP contribution < -0.4 is 0 Å². The van der Waals surface area contributed by atoms with Crippen LogP contribution >= 0.6 is 43.2 Å². The first-order chi connectivity index (χ1) is 21.3.